The molecule has 0 bridgehead atoms. The fraction of sp³-hybridized carbons (Fsp3) is 0.550. The van der Waals surface area contributed by atoms with Crippen molar-refractivity contribution in [3.05, 3.63) is 41.7 Å². The van der Waals surface area contributed by atoms with Crippen molar-refractivity contribution in [2.75, 3.05) is 11.9 Å². The average molecular weight is 435 g/mol. The van der Waals surface area contributed by atoms with Crippen LogP contribution in [0.4, 0.5) is 32.0 Å². The van der Waals surface area contributed by atoms with Gasteiger partial charge in [-0.05, 0) is 37.8 Å². The molecule has 1 N–H and O–H groups in total. The number of carbonyl (C=O) groups excluding carboxylic acids is 1. The van der Waals surface area contributed by atoms with Crippen LogP contribution in [0, 0.1) is 11.2 Å². The predicted molar refractivity (Wildman–Crippen MR) is 93.2 cm³/mol. The van der Waals surface area contributed by atoms with Crippen molar-refractivity contribution in [3.8, 4) is 0 Å². The number of hydrogen-bond acceptors (Lipinski definition) is 3. The van der Waals surface area contributed by atoms with E-state index >= 15 is 0 Å². The van der Waals surface area contributed by atoms with Gasteiger partial charge in [0.25, 0.3) is 5.91 Å². The molecule has 2 aliphatic heterocycles. The molecule has 1 unspecified atom stereocenters. The summed E-state index contributed by atoms with van der Waals surface area (Å²) in [5.74, 6) is -9.39. The van der Waals surface area contributed by atoms with E-state index in [0.29, 0.717) is 31.7 Å². The highest BCUT2D eigenvalue weighted by Crippen LogP contribution is 2.61. The van der Waals surface area contributed by atoms with Crippen LogP contribution in [0.5, 0.6) is 0 Å². The molecule has 4 rings (SSSR count). The monoisotopic (exact) mass is 435 g/mol. The minimum atomic E-state index is -5.24. The molecule has 1 saturated heterocycles. The summed E-state index contributed by atoms with van der Waals surface area (Å²) in [6, 6.07) is 1.42. The second-order valence-corrected chi connectivity index (χ2v) is 7.93. The fourth-order valence-electron chi connectivity index (χ4n) is 5.01. The van der Waals surface area contributed by atoms with Crippen LogP contribution in [0.1, 0.15) is 49.3 Å². The zero-order valence-electron chi connectivity index (χ0n) is 15.8. The van der Waals surface area contributed by atoms with E-state index in [2.05, 4.69) is 6.58 Å². The van der Waals surface area contributed by atoms with Gasteiger partial charge in [0, 0.05) is 17.4 Å². The van der Waals surface area contributed by atoms with Gasteiger partial charge in [-0.3, -0.25) is 4.79 Å². The lowest BCUT2D eigenvalue weighted by Crippen LogP contribution is -2.46. The summed E-state index contributed by atoms with van der Waals surface area (Å²) in [7, 11) is 0. The standard InChI is InChI=1S/C20H19F6NO3/c1-2-6-17-7-3-8-18(17,29-10-9-17)30-15(20(24,25)26)13-11(21)4-5-12-14(13)19(22,23)16(28)27-12/h2,4-5,15H,1,3,6-10H2,(H,27,28)/t15?,17-,18+/m0/s1. The Morgan fingerprint density at radius 3 is 2.67 bits per heavy atom. The first kappa shape index (κ1) is 21.2. The number of rotatable bonds is 5. The molecule has 30 heavy (non-hydrogen) atoms. The molecule has 0 aromatic heterocycles. The highest BCUT2D eigenvalue weighted by molar-refractivity contribution is 6.04. The molecule has 1 amide bonds. The van der Waals surface area contributed by atoms with Crippen LogP contribution in [-0.4, -0.2) is 24.5 Å². The zero-order chi connectivity index (χ0) is 21.9. The Bertz CT molecular complexity index is 887. The topological polar surface area (TPSA) is 47.6 Å². The third-order valence-corrected chi connectivity index (χ3v) is 6.33. The van der Waals surface area contributed by atoms with Crippen LogP contribution in [0.25, 0.3) is 0 Å². The number of anilines is 1. The number of halogens is 6. The molecule has 1 aliphatic carbocycles. The Morgan fingerprint density at radius 2 is 2.00 bits per heavy atom. The predicted octanol–water partition coefficient (Wildman–Crippen LogP) is 5.35. The summed E-state index contributed by atoms with van der Waals surface area (Å²) in [5, 5.41) is 1.80. The first-order chi connectivity index (χ1) is 14.0. The van der Waals surface area contributed by atoms with E-state index in [0.717, 1.165) is 6.07 Å². The van der Waals surface area contributed by atoms with Crippen molar-refractivity contribution in [1.82, 2.24) is 0 Å². The van der Waals surface area contributed by atoms with Crippen LogP contribution in [0.3, 0.4) is 0 Å². The summed E-state index contributed by atoms with van der Waals surface area (Å²) in [4.78, 5) is 11.6. The molecular formula is C20H19F6NO3. The first-order valence-electron chi connectivity index (χ1n) is 9.49. The number of fused-ring (bicyclic) bond motifs is 2. The number of ether oxygens (including phenoxy) is 2. The minimum absolute atomic E-state index is 0.109. The summed E-state index contributed by atoms with van der Waals surface area (Å²) in [6.45, 7) is 3.78. The largest absolute Gasteiger partial charge is 0.419 e. The van der Waals surface area contributed by atoms with Gasteiger partial charge in [0.2, 0.25) is 0 Å². The maximum absolute atomic E-state index is 14.6. The van der Waals surface area contributed by atoms with Crippen molar-refractivity contribution in [2.24, 2.45) is 5.41 Å². The number of alkyl halides is 5. The molecule has 4 nitrogen and oxygen atoms in total. The molecule has 3 atom stereocenters. The second kappa shape index (κ2) is 6.71. The molecule has 2 fully saturated rings. The number of hydrogen-bond donors (Lipinski definition) is 1. The van der Waals surface area contributed by atoms with Crippen LogP contribution >= 0.6 is 0 Å². The van der Waals surface area contributed by atoms with Crippen LogP contribution in [0.2, 0.25) is 0 Å². The maximum atomic E-state index is 14.6. The molecule has 0 radical (unpaired) electrons. The van der Waals surface area contributed by atoms with Gasteiger partial charge in [0.1, 0.15) is 5.82 Å². The first-order valence-corrected chi connectivity index (χ1v) is 9.49. The van der Waals surface area contributed by atoms with E-state index in [4.69, 9.17) is 9.47 Å². The normalized spacial score (nSPS) is 30.7. The number of carbonyl (C=O) groups is 1. The van der Waals surface area contributed by atoms with Gasteiger partial charge in [-0.1, -0.05) is 6.08 Å². The molecule has 1 saturated carbocycles. The highest BCUT2D eigenvalue weighted by atomic mass is 19.4. The number of amides is 1. The van der Waals surface area contributed by atoms with Crippen LogP contribution < -0.4 is 5.32 Å². The summed E-state index contributed by atoms with van der Waals surface area (Å²) in [5.41, 5.74) is -4.12. The Balaban J connectivity index is 1.85. The number of allylic oxidation sites excluding steroid dienone is 1. The lowest BCUT2D eigenvalue weighted by atomic mass is 9.77. The molecule has 10 heteroatoms. The Kier molecular flexibility index (Phi) is 4.74. The fourth-order valence-corrected chi connectivity index (χ4v) is 5.01. The number of nitrogens with one attached hydrogen (secondary N) is 1. The van der Waals surface area contributed by atoms with Crippen molar-refractivity contribution in [3.63, 3.8) is 0 Å². The van der Waals surface area contributed by atoms with Gasteiger partial charge in [-0.2, -0.15) is 22.0 Å². The SMILES string of the molecule is C=CC[C@@]12CCC[C@]1(OC(c1c(F)ccc3c1C(F)(F)C(=O)N3)C(F)(F)F)OCC2. The van der Waals surface area contributed by atoms with E-state index in [1.54, 1.807) is 11.4 Å². The van der Waals surface area contributed by atoms with Gasteiger partial charge >= 0.3 is 12.1 Å². The summed E-state index contributed by atoms with van der Waals surface area (Å²) in [6.07, 6.45) is -4.87. The van der Waals surface area contributed by atoms with Crippen molar-refractivity contribution >= 4 is 11.6 Å². The molecule has 2 heterocycles. The van der Waals surface area contributed by atoms with Crippen molar-refractivity contribution < 1.29 is 40.6 Å². The summed E-state index contributed by atoms with van der Waals surface area (Å²) >= 11 is 0. The van der Waals surface area contributed by atoms with Gasteiger partial charge in [-0.25, -0.2) is 4.39 Å². The lowest BCUT2D eigenvalue weighted by Gasteiger charge is -2.41. The second-order valence-electron chi connectivity index (χ2n) is 7.93. The smallest absolute Gasteiger partial charge is 0.349 e. The molecule has 0 spiro atoms. The highest BCUT2D eigenvalue weighted by Gasteiger charge is 2.64. The van der Waals surface area contributed by atoms with E-state index < -0.39 is 57.9 Å². The molecule has 3 aliphatic rings. The van der Waals surface area contributed by atoms with E-state index in [-0.39, 0.29) is 13.0 Å². The molecule has 1 aromatic rings. The molecule has 164 valence electrons. The van der Waals surface area contributed by atoms with E-state index in [1.807, 2.05) is 0 Å². The van der Waals surface area contributed by atoms with Crippen LogP contribution in [-0.2, 0) is 20.2 Å². The third kappa shape index (κ3) is 2.87. The quantitative estimate of drug-likeness (QED) is 0.501. The molecular weight excluding hydrogens is 416 g/mol. The third-order valence-electron chi connectivity index (χ3n) is 6.33. The minimum Gasteiger partial charge on any atom is -0.349 e. The Hall–Kier alpha value is -2.07. The maximum Gasteiger partial charge on any atom is 0.419 e. The van der Waals surface area contributed by atoms with Crippen molar-refractivity contribution in [2.45, 2.75) is 56.1 Å². The van der Waals surface area contributed by atoms with Crippen molar-refractivity contribution in [1.29, 1.82) is 0 Å². The Labute approximate surface area is 168 Å². The van der Waals surface area contributed by atoms with E-state index in [1.165, 1.54) is 0 Å². The average Bonchev–Trinajstić information content (AvgIpc) is 3.21. The summed E-state index contributed by atoms with van der Waals surface area (Å²) < 4.78 is 96.9. The lowest BCUT2D eigenvalue weighted by molar-refractivity contribution is -0.330. The Morgan fingerprint density at radius 1 is 1.27 bits per heavy atom. The van der Waals surface area contributed by atoms with Gasteiger partial charge < -0.3 is 14.8 Å². The van der Waals surface area contributed by atoms with Gasteiger partial charge in [0.15, 0.2) is 11.9 Å². The molecule has 1 aromatic carbocycles. The van der Waals surface area contributed by atoms with E-state index in [9.17, 15) is 31.1 Å². The zero-order valence-corrected chi connectivity index (χ0v) is 15.8. The van der Waals surface area contributed by atoms with Gasteiger partial charge in [-0.15, -0.1) is 6.58 Å². The van der Waals surface area contributed by atoms with Gasteiger partial charge in [0.05, 0.1) is 17.9 Å². The van der Waals surface area contributed by atoms with Crippen LogP contribution in [0.15, 0.2) is 24.8 Å². The number of benzene rings is 1.